The number of rotatable bonds is 5. The van der Waals surface area contributed by atoms with Crippen LogP contribution in [-0.4, -0.2) is 24.6 Å². The van der Waals surface area contributed by atoms with Crippen LogP contribution in [0.15, 0.2) is 24.3 Å². The molecule has 0 aliphatic rings. The number of hydrogen-bond acceptors (Lipinski definition) is 3. The van der Waals surface area contributed by atoms with Gasteiger partial charge in [-0.1, -0.05) is 0 Å². The molecule has 1 aromatic carbocycles. The molecular formula is C12H17FN2O2. The Labute approximate surface area is 100.0 Å². The fourth-order valence-corrected chi connectivity index (χ4v) is 1.14. The highest BCUT2D eigenvalue weighted by Gasteiger charge is 2.18. The largest absolute Gasteiger partial charge is 0.484 e. The molecule has 0 spiro atoms. The molecule has 17 heavy (non-hydrogen) atoms. The highest BCUT2D eigenvalue weighted by Crippen LogP contribution is 2.10. The van der Waals surface area contributed by atoms with Crippen molar-refractivity contribution >= 4 is 5.91 Å². The van der Waals surface area contributed by atoms with Crippen LogP contribution >= 0.6 is 0 Å². The second kappa shape index (κ2) is 5.63. The van der Waals surface area contributed by atoms with Gasteiger partial charge >= 0.3 is 0 Å². The SMILES string of the molecule is CC(C)(CN)NC(=O)COc1ccc(F)cc1. The Morgan fingerprint density at radius 1 is 1.41 bits per heavy atom. The van der Waals surface area contributed by atoms with Gasteiger partial charge in [0.1, 0.15) is 11.6 Å². The molecule has 0 fully saturated rings. The number of nitrogens with two attached hydrogens (primary N) is 1. The van der Waals surface area contributed by atoms with Crippen LogP contribution < -0.4 is 15.8 Å². The quantitative estimate of drug-likeness (QED) is 0.808. The maximum atomic E-state index is 12.6. The van der Waals surface area contributed by atoms with Crippen LogP contribution in [0.5, 0.6) is 5.75 Å². The molecule has 0 bridgehead atoms. The summed E-state index contributed by atoms with van der Waals surface area (Å²) in [4.78, 5) is 11.5. The van der Waals surface area contributed by atoms with Gasteiger partial charge in [0.25, 0.3) is 5.91 Å². The fraction of sp³-hybridized carbons (Fsp3) is 0.417. The molecule has 5 heteroatoms. The summed E-state index contributed by atoms with van der Waals surface area (Å²) in [7, 11) is 0. The van der Waals surface area contributed by atoms with Gasteiger partial charge in [-0.3, -0.25) is 4.79 Å². The van der Waals surface area contributed by atoms with Crippen molar-refractivity contribution in [3.05, 3.63) is 30.1 Å². The molecule has 0 aliphatic heterocycles. The van der Waals surface area contributed by atoms with Crippen molar-refractivity contribution in [3.63, 3.8) is 0 Å². The number of nitrogens with one attached hydrogen (secondary N) is 1. The van der Waals surface area contributed by atoms with Crippen molar-refractivity contribution in [1.82, 2.24) is 5.32 Å². The lowest BCUT2D eigenvalue weighted by atomic mass is 10.1. The van der Waals surface area contributed by atoms with Crippen LogP contribution in [0.4, 0.5) is 4.39 Å². The molecular weight excluding hydrogens is 223 g/mol. The highest BCUT2D eigenvalue weighted by molar-refractivity contribution is 5.78. The molecule has 4 nitrogen and oxygen atoms in total. The van der Waals surface area contributed by atoms with Crippen molar-refractivity contribution in [1.29, 1.82) is 0 Å². The van der Waals surface area contributed by atoms with Crippen molar-refractivity contribution in [2.24, 2.45) is 5.73 Å². The van der Waals surface area contributed by atoms with Crippen LogP contribution in [0.3, 0.4) is 0 Å². The molecule has 0 aromatic heterocycles. The minimum Gasteiger partial charge on any atom is -0.484 e. The van der Waals surface area contributed by atoms with E-state index in [4.69, 9.17) is 10.5 Å². The first-order valence-electron chi connectivity index (χ1n) is 5.32. The number of amides is 1. The number of ether oxygens (including phenoxy) is 1. The molecule has 0 radical (unpaired) electrons. The normalized spacial score (nSPS) is 11.1. The van der Waals surface area contributed by atoms with Gasteiger partial charge in [0.2, 0.25) is 0 Å². The molecule has 0 heterocycles. The summed E-state index contributed by atoms with van der Waals surface area (Å²) in [5.74, 6) is -0.150. The predicted molar refractivity (Wildman–Crippen MR) is 63.2 cm³/mol. The van der Waals surface area contributed by atoms with Crippen LogP contribution in [0, 0.1) is 5.82 Å². The Hall–Kier alpha value is -1.62. The molecule has 1 rings (SSSR count). The number of hydrogen-bond donors (Lipinski definition) is 2. The van der Waals surface area contributed by atoms with Gasteiger partial charge in [-0.2, -0.15) is 0 Å². The third-order valence-corrected chi connectivity index (χ3v) is 2.17. The zero-order chi connectivity index (χ0) is 12.9. The Kier molecular flexibility index (Phi) is 4.45. The molecule has 0 atom stereocenters. The maximum absolute atomic E-state index is 12.6. The van der Waals surface area contributed by atoms with Crippen molar-refractivity contribution in [2.45, 2.75) is 19.4 Å². The number of carbonyl (C=O) groups is 1. The van der Waals surface area contributed by atoms with E-state index in [0.29, 0.717) is 12.3 Å². The molecule has 1 aromatic rings. The summed E-state index contributed by atoms with van der Waals surface area (Å²) in [5.41, 5.74) is 5.03. The van der Waals surface area contributed by atoms with Crippen molar-refractivity contribution in [3.8, 4) is 5.75 Å². The number of benzene rings is 1. The Balaban J connectivity index is 2.41. The van der Waals surface area contributed by atoms with E-state index >= 15 is 0 Å². The summed E-state index contributed by atoms with van der Waals surface area (Å²) >= 11 is 0. The van der Waals surface area contributed by atoms with Gasteiger partial charge in [-0.25, -0.2) is 4.39 Å². The Bertz CT molecular complexity index is 377. The minimum atomic E-state index is -0.455. The van der Waals surface area contributed by atoms with Crippen LogP contribution in [0.1, 0.15) is 13.8 Å². The summed E-state index contributed by atoms with van der Waals surface area (Å²) < 4.78 is 17.8. The molecule has 94 valence electrons. The minimum absolute atomic E-state index is 0.116. The number of halogens is 1. The van der Waals surface area contributed by atoms with Gasteiger partial charge in [0, 0.05) is 12.1 Å². The maximum Gasteiger partial charge on any atom is 0.258 e. The van der Waals surface area contributed by atoms with Gasteiger partial charge in [0.15, 0.2) is 6.61 Å². The predicted octanol–water partition coefficient (Wildman–Crippen LogP) is 1.06. The Morgan fingerprint density at radius 2 is 2.00 bits per heavy atom. The first-order valence-corrected chi connectivity index (χ1v) is 5.32. The van der Waals surface area contributed by atoms with E-state index in [-0.39, 0.29) is 18.3 Å². The highest BCUT2D eigenvalue weighted by atomic mass is 19.1. The van der Waals surface area contributed by atoms with E-state index in [9.17, 15) is 9.18 Å². The molecule has 1 amide bonds. The van der Waals surface area contributed by atoms with E-state index in [1.165, 1.54) is 24.3 Å². The summed E-state index contributed by atoms with van der Waals surface area (Å²) in [5, 5.41) is 2.72. The van der Waals surface area contributed by atoms with E-state index in [1.807, 2.05) is 13.8 Å². The van der Waals surface area contributed by atoms with Gasteiger partial charge < -0.3 is 15.8 Å². The first-order chi connectivity index (χ1) is 7.93. The van der Waals surface area contributed by atoms with Gasteiger partial charge in [0.05, 0.1) is 0 Å². The fourth-order valence-electron chi connectivity index (χ4n) is 1.14. The van der Waals surface area contributed by atoms with Crippen LogP contribution in [0.2, 0.25) is 0 Å². The summed E-state index contributed by atoms with van der Waals surface area (Å²) in [6.45, 7) is 3.87. The van der Waals surface area contributed by atoms with E-state index in [1.54, 1.807) is 0 Å². The topological polar surface area (TPSA) is 64.3 Å². The van der Waals surface area contributed by atoms with Crippen molar-refractivity contribution < 1.29 is 13.9 Å². The van der Waals surface area contributed by atoms with E-state index < -0.39 is 5.54 Å². The van der Waals surface area contributed by atoms with Crippen LogP contribution in [-0.2, 0) is 4.79 Å². The molecule has 3 N–H and O–H groups in total. The summed E-state index contributed by atoms with van der Waals surface area (Å²) in [6, 6.07) is 5.49. The van der Waals surface area contributed by atoms with Crippen molar-refractivity contribution in [2.75, 3.05) is 13.2 Å². The Morgan fingerprint density at radius 3 is 2.53 bits per heavy atom. The standard InChI is InChI=1S/C12H17FN2O2/c1-12(2,8-14)15-11(16)7-17-10-5-3-9(13)4-6-10/h3-6H,7-8,14H2,1-2H3,(H,15,16). The van der Waals surface area contributed by atoms with E-state index in [2.05, 4.69) is 5.32 Å². The van der Waals surface area contributed by atoms with Gasteiger partial charge in [-0.05, 0) is 38.1 Å². The average Bonchev–Trinajstić information content (AvgIpc) is 2.28. The number of carbonyl (C=O) groups excluding carboxylic acids is 1. The zero-order valence-corrected chi connectivity index (χ0v) is 10.00. The van der Waals surface area contributed by atoms with Crippen LogP contribution in [0.25, 0.3) is 0 Å². The first kappa shape index (κ1) is 13.4. The lowest BCUT2D eigenvalue weighted by Gasteiger charge is -2.24. The average molecular weight is 240 g/mol. The monoisotopic (exact) mass is 240 g/mol. The third kappa shape index (κ3) is 4.82. The van der Waals surface area contributed by atoms with Gasteiger partial charge in [-0.15, -0.1) is 0 Å². The molecule has 0 unspecified atom stereocenters. The molecule has 0 saturated carbocycles. The molecule has 0 aliphatic carbocycles. The lowest BCUT2D eigenvalue weighted by molar-refractivity contribution is -0.124. The smallest absolute Gasteiger partial charge is 0.258 e. The zero-order valence-electron chi connectivity index (χ0n) is 10.00. The lowest BCUT2D eigenvalue weighted by Crippen LogP contribution is -2.50. The summed E-state index contributed by atoms with van der Waals surface area (Å²) in [6.07, 6.45) is 0. The second-order valence-electron chi connectivity index (χ2n) is 4.38. The third-order valence-electron chi connectivity index (χ3n) is 2.17. The van der Waals surface area contributed by atoms with E-state index in [0.717, 1.165) is 0 Å². The molecule has 0 saturated heterocycles. The second-order valence-corrected chi connectivity index (χ2v) is 4.38.